The molecule has 0 radical (unpaired) electrons. The predicted molar refractivity (Wildman–Crippen MR) is 76.4 cm³/mol. The van der Waals surface area contributed by atoms with E-state index in [0.29, 0.717) is 13.2 Å². The van der Waals surface area contributed by atoms with Gasteiger partial charge in [0.15, 0.2) is 0 Å². The maximum atomic E-state index is 12.2. The molecule has 0 rings (SSSR count). The zero-order valence-electron chi connectivity index (χ0n) is 12.4. The van der Waals surface area contributed by atoms with E-state index in [4.69, 9.17) is 16.3 Å². The molecule has 0 aromatic rings. The average Bonchev–Trinajstić information content (AvgIpc) is 2.42. The molecule has 0 fully saturated rings. The molecule has 6 heteroatoms. The molecule has 0 aromatic heterocycles. The van der Waals surface area contributed by atoms with E-state index in [1.165, 1.54) is 0 Å². The molecule has 114 valence electrons. The van der Waals surface area contributed by atoms with Gasteiger partial charge in [-0.2, -0.15) is 0 Å². The molecule has 0 aromatic carbocycles. The second-order valence-electron chi connectivity index (χ2n) is 4.41. The van der Waals surface area contributed by atoms with E-state index >= 15 is 0 Å². The number of carboxylic acid groups (broad SMARTS) is 1. The zero-order valence-corrected chi connectivity index (χ0v) is 12.4. The highest BCUT2D eigenvalue weighted by atomic mass is 16.5. The highest BCUT2D eigenvalue weighted by Crippen LogP contribution is 2.09. The quantitative estimate of drug-likeness (QED) is 0.626. The summed E-state index contributed by atoms with van der Waals surface area (Å²) in [6, 6.07) is -1.43. The van der Waals surface area contributed by atoms with Crippen molar-refractivity contribution in [3.63, 3.8) is 0 Å². The average molecular weight is 284 g/mol. The highest BCUT2D eigenvalue weighted by molar-refractivity contribution is 5.83. The Morgan fingerprint density at radius 2 is 2.00 bits per heavy atom. The summed E-state index contributed by atoms with van der Waals surface area (Å²) < 4.78 is 4.99. The van der Waals surface area contributed by atoms with E-state index in [0.717, 1.165) is 12.8 Å². The van der Waals surface area contributed by atoms with Crippen LogP contribution in [0.1, 0.15) is 33.1 Å². The second kappa shape index (κ2) is 10.1. The molecule has 20 heavy (non-hydrogen) atoms. The molecular formula is C14H24N2O4. The van der Waals surface area contributed by atoms with Gasteiger partial charge in [0.2, 0.25) is 0 Å². The molecule has 0 saturated heterocycles. The number of urea groups is 1. The number of hydrogen-bond acceptors (Lipinski definition) is 3. The van der Waals surface area contributed by atoms with Gasteiger partial charge < -0.3 is 20.1 Å². The Bertz CT molecular complexity index is 348. The number of terminal acetylenes is 1. The summed E-state index contributed by atoms with van der Waals surface area (Å²) in [7, 11) is 1.56. The van der Waals surface area contributed by atoms with Crippen LogP contribution in [0, 0.1) is 12.3 Å². The predicted octanol–water partition coefficient (Wildman–Crippen LogP) is 1.31. The number of carbonyl (C=O) groups is 2. The maximum absolute atomic E-state index is 12.2. The van der Waals surface area contributed by atoms with Crippen LogP contribution in [-0.2, 0) is 9.53 Å². The summed E-state index contributed by atoms with van der Waals surface area (Å²) in [6.45, 7) is 4.78. The number of ether oxygens (including phenoxy) is 1. The lowest BCUT2D eigenvalue weighted by Crippen LogP contribution is -2.52. The lowest BCUT2D eigenvalue weighted by atomic mass is 10.1. The number of carboxylic acids is 1. The molecule has 0 spiro atoms. The molecule has 0 saturated carbocycles. The Balaban J connectivity index is 4.83. The van der Waals surface area contributed by atoms with Crippen LogP contribution in [0.25, 0.3) is 0 Å². The van der Waals surface area contributed by atoms with E-state index in [9.17, 15) is 9.59 Å². The number of methoxy groups -OCH3 is 1. The lowest BCUT2D eigenvalue weighted by Gasteiger charge is -2.31. The van der Waals surface area contributed by atoms with E-state index < -0.39 is 18.0 Å². The van der Waals surface area contributed by atoms with Crippen LogP contribution < -0.4 is 5.32 Å². The van der Waals surface area contributed by atoms with Crippen LogP contribution in [0.3, 0.4) is 0 Å². The lowest BCUT2D eigenvalue weighted by molar-refractivity contribution is -0.139. The molecule has 2 N–H and O–H groups in total. The topological polar surface area (TPSA) is 78.9 Å². The Morgan fingerprint density at radius 3 is 2.40 bits per heavy atom. The molecule has 2 amide bonds. The standard InChI is InChI=1S/C14H24N2O4/c1-5-8-12(13(17)18)15-14(19)16(9-10-20-4)11(6-2)7-3/h1,11-12H,6-10H2,2-4H3,(H,15,19)(H,17,18). The van der Waals surface area contributed by atoms with E-state index in [-0.39, 0.29) is 12.5 Å². The number of aliphatic carboxylic acids is 1. The van der Waals surface area contributed by atoms with Crippen LogP contribution >= 0.6 is 0 Å². The first-order valence-electron chi connectivity index (χ1n) is 6.74. The van der Waals surface area contributed by atoms with Gasteiger partial charge in [-0.25, -0.2) is 9.59 Å². The first kappa shape index (κ1) is 18.3. The van der Waals surface area contributed by atoms with Gasteiger partial charge in [0.05, 0.1) is 6.61 Å². The summed E-state index contributed by atoms with van der Waals surface area (Å²) >= 11 is 0. The fraction of sp³-hybridized carbons (Fsp3) is 0.714. The maximum Gasteiger partial charge on any atom is 0.327 e. The van der Waals surface area contributed by atoms with E-state index in [1.807, 2.05) is 13.8 Å². The Kier molecular flexibility index (Phi) is 9.22. The van der Waals surface area contributed by atoms with Crippen molar-refractivity contribution >= 4 is 12.0 Å². The minimum Gasteiger partial charge on any atom is -0.480 e. The number of nitrogens with zero attached hydrogens (tertiary/aromatic N) is 1. The Hall–Kier alpha value is -1.74. The number of hydrogen-bond donors (Lipinski definition) is 2. The van der Waals surface area contributed by atoms with Crippen molar-refractivity contribution in [2.75, 3.05) is 20.3 Å². The first-order valence-corrected chi connectivity index (χ1v) is 6.74. The highest BCUT2D eigenvalue weighted by Gasteiger charge is 2.25. The summed E-state index contributed by atoms with van der Waals surface area (Å²) in [4.78, 5) is 24.8. The Labute approximate surface area is 120 Å². The smallest absolute Gasteiger partial charge is 0.327 e. The van der Waals surface area contributed by atoms with Crippen LogP contribution in [0.2, 0.25) is 0 Å². The monoisotopic (exact) mass is 284 g/mol. The summed E-state index contributed by atoms with van der Waals surface area (Å²) in [5.41, 5.74) is 0. The van der Waals surface area contributed by atoms with E-state index in [1.54, 1.807) is 12.0 Å². The van der Waals surface area contributed by atoms with Gasteiger partial charge in [0.1, 0.15) is 6.04 Å². The van der Waals surface area contributed by atoms with Crippen LogP contribution in [0.4, 0.5) is 4.79 Å². The molecule has 6 nitrogen and oxygen atoms in total. The molecule has 0 bridgehead atoms. The molecule has 0 aliphatic carbocycles. The largest absolute Gasteiger partial charge is 0.480 e. The van der Waals surface area contributed by atoms with Crippen LogP contribution in [0.15, 0.2) is 0 Å². The molecule has 0 heterocycles. The third kappa shape index (κ3) is 5.93. The fourth-order valence-electron chi connectivity index (χ4n) is 1.92. The summed E-state index contributed by atoms with van der Waals surface area (Å²) in [5.74, 6) is 1.12. The molecular weight excluding hydrogens is 260 g/mol. The van der Waals surface area contributed by atoms with Crippen molar-refractivity contribution in [1.29, 1.82) is 0 Å². The number of nitrogens with one attached hydrogen (secondary N) is 1. The van der Waals surface area contributed by atoms with Crippen LogP contribution in [-0.4, -0.2) is 54.4 Å². The van der Waals surface area contributed by atoms with Gasteiger partial charge in [-0.1, -0.05) is 13.8 Å². The first-order chi connectivity index (χ1) is 9.51. The zero-order chi connectivity index (χ0) is 15.5. The number of rotatable bonds is 9. The third-order valence-corrected chi connectivity index (χ3v) is 3.10. The van der Waals surface area contributed by atoms with Crippen molar-refractivity contribution in [2.45, 2.75) is 45.2 Å². The van der Waals surface area contributed by atoms with Gasteiger partial charge in [-0.3, -0.25) is 0 Å². The molecule has 0 aliphatic rings. The number of carbonyl (C=O) groups excluding carboxylic acids is 1. The number of amides is 2. The van der Waals surface area contributed by atoms with Crippen LogP contribution in [0.5, 0.6) is 0 Å². The molecule has 0 aliphatic heterocycles. The van der Waals surface area contributed by atoms with Gasteiger partial charge in [-0.05, 0) is 12.8 Å². The van der Waals surface area contributed by atoms with Gasteiger partial charge >= 0.3 is 12.0 Å². The van der Waals surface area contributed by atoms with Gasteiger partial charge in [0.25, 0.3) is 0 Å². The normalized spacial score (nSPS) is 11.8. The minimum absolute atomic E-state index is 0.0396. The SMILES string of the molecule is C#CCC(NC(=O)N(CCOC)C(CC)CC)C(=O)O. The van der Waals surface area contributed by atoms with Crippen molar-refractivity contribution in [2.24, 2.45) is 0 Å². The van der Waals surface area contributed by atoms with E-state index in [2.05, 4.69) is 11.2 Å². The minimum atomic E-state index is -1.13. The van der Waals surface area contributed by atoms with Gasteiger partial charge in [-0.15, -0.1) is 12.3 Å². The van der Waals surface area contributed by atoms with Crippen molar-refractivity contribution in [1.82, 2.24) is 10.2 Å². The van der Waals surface area contributed by atoms with Crippen molar-refractivity contribution < 1.29 is 19.4 Å². The molecule has 1 unspecified atom stereocenters. The summed E-state index contributed by atoms with van der Waals surface area (Å²) in [5, 5.41) is 11.5. The van der Waals surface area contributed by atoms with Crippen molar-refractivity contribution in [3.05, 3.63) is 0 Å². The third-order valence-electron chi connectivity index (χ3n) is 3.10. The van der Waals surface area contributed by atoms with Crippen molar-refractivity contribution in [3.8, 4) is 12.3 Å². The Morgan fingerprint density at radius 1 is 1.40 bits per heavy atom. The summed E-state index contributed by atoms with van der Waals surface area (Å²) in [6.07, 6.45) is 6.66. The second-order valence-corrected chi connectivity index (χ2v) is 4.41. The fourth-order valence-corrected chi connectivity index (χ4v) is 1.92. The van der Waals surface area contributed by atoms with Gasteiger partial charge in [0, 0.05) is 26.1 Å². The molecule has 1 atom stereocenters.